The van der Waals surface area contributed by atoms with Crippen LogP contribution >= 0.6 is 0 Å². The van der Waals surface area contributed by atoms with Crippen LogP contribution in [0.1, 0.15) is 38.6 Å². The van der Waals surface area contributed by atoms with Gasteiger partial charge in [-0.25, -0.2) is 9.67 Å². The molecule has 16 heavy (non-hydrogen) atoms. The van der Waals surface area contributed by atoms with Gasteiger partial charge in [0.25, 0.3) is 0 Å². The number of hydrogen-bond donors (Lipinski definition) is 1. The van der Waals surface area contributed by atoms with Crippen LogP contribution in [0.25, 0.3) is 0 Å². The van der Waals surface area contributed by atoms with Crippen LogP contribution in [0.4, 0.5) is 0 Å². The Kier molecular flexibility index (Phi) is 3.56. The zero-order valence-corrected chi connectivity index (χ0v) is 10.0. The van der Waals surface area contributed by atoms with Crippen molar-refractivity contribution in [2.45, 2.75) is 45.4 Å². The molecule has 2 heterocycles. The molecule has 1 aromatic heterocycles. The first-order valence-electron chi connectivity index (χ1n) is 5.95. The molecule has 1 N–H and O–H groups in total. The van der Waals surface area contributed by atoms with Gasteiger partial charge in [-0.15, -0.1) is 0 Å². The molecule has 0 unspecified atom stereocenters. The molecule has 0 atom stereocenters. The summed E-state index contributed by atoms with van der Waals surface area (Å²) >= 11 is 0. The number of hydrogen-bond acceptors (Lipinski definition) is 4. The molecule has 1 saturated heterocycles. The summed E-state index contributed by atoms with van der Waals surface area (Å²) in [6.45, 7) is 6.96. The molecular formula is C11H20N4O. The Balaban J connectivity index is 1.96. The van der Waals surface area contributed by atoms with Crippen molar-refractivity contribution in [3.63, 3.8) is 0 Å². The van der Waals surface area contributed by atoms with E-state index in [-0.39, 0.29) is 6.10 Å². The summed E-state index contributed by atoms with van der Waals surface area (Å²) in [5.74, 6) is 1.02. The minimum absolute atomic E-state index is 0.112. The molecular weight excluding hydrogens is 204 g/mol. The van der Waals surface area contributed by atoms with Crippen LogP contribution in [0.15, 0.2) is 6.33 Å². The van der Waals surface area contributed by atoms with Crippen molar-refractivity contribution < 1.29 is 5.11 Å². The summed E-state index contributed by atoms with van der Waals surface area (Å²) in [6.07, 6.45) is 3.25. The van der Waals surface area contributed by atoms with Crippen LogP contribution in [-0.2, 0) is 6.54 Å². The third-order valence-electron chi connectivity index (χ3n) is 3.06. The standard InChI is InChI=1S/C11H20N4O/c1-9(2)15-11(12-8-13-15)7-14-5-3-10(16)4-6-14/h8-10,16H,3-7H2,1-2H3. The second-order valence-corrected chi connectivity index (χ2v) is 4.72. The second-order valence-electron chi connectivity index (χ2n) is 4.72. The molecule has 1 fully saturated rings. The van der Waals surface area contributed by atoms with Crippen molar-refractivity contribution >= 4 is 0 Å². The minimum Gasteiger partial charge on any atom is -0.393 e. The summed E-state index contributed by atoms with van der Waals surface area (Å²) in [5, 5.41) is 13.7. The Morgan fingerprint density at radius 2 is 2.12 bits per heavy atom. The van der Waals surface area contributed by atoms with Crippen molar-refractivity contribution in [3.05, 3.63) is 12.2 Å². The summed E-state index contributed by atoms with van der Waals surface area (Å²) in [7, 11) is 0. The fourth-order valence-corrected chi connectivity index (χ4v) is 2.10. The van der Waals surface area contributed by atoms with Gasteiger partial charge in [-0.2, -0.15) is 5.10 Å². The highest BCUT2D eigenvalue weighted by molar-refractivity contribution is 4.87. The zero-order valence-electron chi connectivity index (χ0n) is 10.0. The van der Waals surface area contributed by atoms with E-state index >= 15 is 0 Å². The maximum Gasteiger partial charge on any atom is 0.141 e. The second kappa shape index (κ2) is 4.93. The summed E-state index contributed by atoms with van der Waals surface area (Å²) in [5.41, 5.74) is 0. The molecule has 1 aliphatic heterocycles. The highest BCUT2D eigenvalue weighted by Crippen LogP contribution is 2.14. The maximum absolute atomic E-state index is 9.44. The van der Waals surface area contributed by atoms with E-state index in [1.807, 2.05) is 4.68 Å². The molecule has 5 heteroatoms. The van der Waals surface area contributed by atoms with E-state index in [1.54, 1.807) is 6.33 Å². The molecule has 5 nitrogen and oxygen atoms in total. The van der Waals surface area contributed by atoms with Gasteiger partial charge in [-0.05, 0) is 26.7 Å². The Morgan fingerprint density at radius 1 is 1.44 bits per heavy atom. The first-order valence-corrected chi connectivity index (χ1v) is 5.95. The molecule has 0 spiro atoms. The number of likely N-dealkylation sites (tertiary alicyclic amines) is 1. The molecule has 0 radical (unpaired) electrons. The smallest absolute Gasteiger partial charge is 0.141 e. The molecule has 2 rings (SSSR count). The number of piperidine rings is 1. The number of aliphatic hydroxyl groups is 1. The molecule has 0 saturated carbocycles. The molecule has 0 bridgehead atoms. The SMILES string of the molecule is CC(C)n1ncnc1CN1CCC(O)CC1. The number of nitrogens with zero attached hydrogens (tertiary/aromatic N) is 4. The highest BCUT2D eigenvalue weighted by Gasteiger charge is 2.19. The van der Waals surface area contributed by atoms with Crippen molar-refractivity contribution in [1.29, 1.82) is 0 Å². The minimum atomic E-state index is -0.112. The van der Waals surface area contributed by atoms with E-state index in [0.29, 0.717) is 6.04 Å². The molecule has 0 aromatic carbocycles. The van der Waals surface area contributed by atoms with E-state index in [0.717, 1.165) is 38.3 Å². The van der Waals surface area contributed by atoms with Gasteiger partial charge >= 0.3 is 0 Å². The Morgan fingerprint density at radius 3 is 2.75 bits per heavy atom. The Hall–Kier alpha value is -0.940. The quantitative estimate of drug-likeness (QED) is 0.825. The van der Waals surface area contributed by atoms with Gasteiger partial charge < -0.3 is 5.11 Å². The lowest BCUT2D eigenvalue weighted by atomic mass is 10.1. The predicted octanol–water partition coefficient (Wildman–Crippen LogP) is 0.816. The predicted molar refractivity (Wildman–Crippen MR) is 60.9 cm³/mol. The van der Waals surface area contributed by atoms with Crippen molar-refractivity contribution in [3.8, 4) is 0 Å². The molecule has 1 aromatic rings. The van der Waals surface area contributed by atoms with Crippen LogP contribution in [-0.4, -0.2) is 44.0 Å². The van der Waals surface area contributed by atoms with E-state index in [9.17, 15) is 5.11 Å². The number of aromatic nitrogens is 3. The normalized spacial score (nSPS) is 19.5. The summed E-state index contributed by atoms with van der Waals surface area (Å²) in [6, 6.07) is 0.355. The monoisotopic (exact) mass is 224 g/mol. The van der Waals surface area contributed by atoms with Gasteiger partial charge in [0, 0.05) is 19.1 Å². The Bertz CT molecular complexity index is 328. The lowest BCUT2D eigenvalue weighted by Gasteiger charge is -2.29. The number of aliphatic hydroxyl groups excluding tert-OH is 1. The van der Waals surface area contributed by atoms with Gasteiger partial charge in [-0.3, -0.25) is 4.90 Å². The first-order chi connectivity index (χ1) is 7.66. The zero-order chi connectivity index (χ0) is 11.5. The van der Waals surface area contributed by atoms with E-state index in [2.05, 4.69) is 28.8 Å². The van der Waals surface area contributed by atoms with Crippen LogP contribution < -0.4 is 0 Å². The largest absolute Gasteiger partial charge is 0.393 e. The van der Waals surface area contributed by atoms with Crippen molar-refractivity contribution in [2.75, 3.05) is 13.1 Å². The van der Waals surface area contributed by atoms with Gasteiger partial charge in [-0.1, -0.05) is 0 Å². The van der Waals surface area contributed by atoms with Crippen LogP contribution in [0.5, 0.6) is 0 Å². The van der Waals surface area contributed by atoms with Crippen LogP contribution in [0, 0.1) is 0 Å². The van der Waals surface area contributed by atoms with Crippen molar-refractivity contribution in [2.24, 2.45) is 0 Å². The maximum atomic E-state index is 9.44. The fraction of sp³-hybridized carbons (Fsp3) is 0.818. The third kappa shape index (κ3) is 2.59. The average Bonchev–Trinajstić information content (AvgIpc) is 2.69. The fourth-order valence-electron chi connectivity index (χ4n) is 2.10. The molecule has 0 aliphatic carbocycles. The van der Waals surface area contributed by atoms with Crippen LogP contribution in [0.3, 0.4) is 0 Å². The average molecular weight is 224 g/mol. The van der Waals surface area contributed by atoms with Gasteiger partial charge in [0.15, 0.2) is 0 Å². The van der Waals surface area contributed by atoms with E-state index < -0.39 is 0 Å². The van der Waals surface area contributed by atoms with Crippen molar-refractivity contribution in [1.82, 2.24) is 19.7 Å². The summed E-state index contributed by atoms with van der Waals surface area (Å²) in [4.78, 5) is 6.63. The lowest BCUT2D eigenvalue weighted by molar-refractivity contribution is 0.0771. The summed E-state index contributed by atoms with van der Waals surface area (Å²) < 4.78 is 1.96. The van der Waals surface area contributed by atoms with Gasteiger partial charge in [0.2, 0.25) is 0 Å². The first kappa shape index (κ1) is 11.5. The lowest BCUT2D eigenvalue weighted by Crippen LogP contribution is -2.36. The van der Waals surface area contributed by atoms with Crippen LogP contribution in [0.2, 0.25) is 0 Å². The molecule has 0 amide bonds. The Labute approximate surface area is 96.1 Å². The van der Waals surface area contributed by atoms with Gasteiger partial charge in [0.1, 0.15) is 12.2 Å². The third-order valence-corrected chi connectivity index (χ3v) is 3.06. The molecule has 1 aliphatic rings. The van der Waals surface area contributed by atoms with E-state index in [1.165, 1.54) is 0 Å². The van der Waals surface area contributed by atoms with E-state index in [4.69, 9.17) is 0 Å². The highest BCUT2D eigenvalue weighted by atomic mass is 16.3. The van der Waals surface area contributed by atoms with Gasteiger partial charge in [0.05, 0.1) is 12.6 Å². The topological polar surface area (TPSA) is 54.2 Å². The molecule has 90 valence electrons. The number of rotatable bonds is 3.